The van der Waals surface area contributed by atoms with Crippen LogP contribution in [0.15, 0.2) is 78.5 Å². The first-order chi connectivity index (χ1) is 16.4. The Labute approximate surface area is 201 Å². The molecule has 34 heavy (non-hydrogen) atoms. The number of aliphatic hydroxyl groups is 1. The fourth-order valence-corrected chi connectivity index (χ4v) is 4.69. The summed E-state index contributed by atoms with van der Waals surface area (Å²) in [4.78, 5) is 31.5. The number of hydrogen-bond donors (Lipinski definition) is 2. The number of para-hydroxylation sites is 2. The molecule has 1 aromatic heterocycles. The predicted molar refractivity (Wildman–Crippen MR) is 132 cm³/mol. The zero-order chi connectivity index (χ0) is 24.0. The normalized spacial score (nSPS) is 17.5. The van der Waals surface area contributed by atoms with Crippen molar-refractivity contribution in [2.75, 3.05) is 12.0 Å². The van der Waals surface area contributed by atoms with Crippen molar-refractivity contribution in [2.24, 2.45) is 0 Å². The number of rotatable bonds is 4. The molecule has 0 aliphatic carbocycles. The molecule has 6 nitrogen and oxygen atoms in total. The van der Waals surface area contributed by atoms with Crippen molar-refractivity contribution < 1.29 is 19.4 Å². The topological polar surface area (TPSA) is 82.6 Å². The third-order valence-electron chi connectivity index (χ3n) is 6.16. The zero-order valence-electron chi connectivity index (χ0n) is 18.5. The molecule has 1 unspecified atom stereocenters. The minimum atomic E-state index is -0.834. The highest BCUT2D eigenvalue weighted by Gasteiger charge is 2.48. The van der Waals surface area contributed by atoms with Crippen molar-refractivity contribution >= 4 is 45.6 Å². The number of H-pyrrole nitrogens is 1. The van der Waals surface area contributed by atoms with Crippen LogP contribution in [-0.4, -0.2) is 28.9 Å². The molecule has 0 saturated carbocycles. The van der Waals surface area contributed by atoms with Crippen molar-refractivity contribution in [3.05, 3.63) is 100 Å². The van der Waals surface area contributed by atoms with E-state index in [9.17, 15) is 14.7 Å². The maximum absolute atomic E-state index is 13.4. The van der Waals surface area contributed by atoms with E-state index in [-0.39, 0.29) is 11.3 Å². The van der Waals surface area contributed by atoms with Crippen molar-refractivity contribution in [1.82, 2.24) is 4.98 Å². The first-order valence-electron chi connectivity index (χ1n) is 10.7. The summed E-state index contributed by atoms with van der Waals surface area (Å²) >= 11 is 6.15. The number of aryl methyl sites for hydroxylation is 1. The van der Waals surface area contributed by atoms with Gasteiger partial charge in [-0.05, 0) is 42.8 Å². The van der Waals surface area contributed by atoms with E-state index in [2.05, 4.69) is 4.98 Å². The molecule has 5 rings (SSSR count). The Bertz CT molecular complexity index is 1490. The van der Waals surface area contributed by atoms with Crippen LogP contribution in [0.1, 0.15) is 22.7 Å². The van der Waals surface area contributed by atoms with Crippen molar-refractivity contribution in [2.45, 2.75) is 13.0 Å². The molecule has 0 spiro atoms. The zero-order valence-corrected chi connectivity index (χ0v) is 19.3. The molecule has 2 N–H and O–H groups in total. The summed E-state index contributed by atoms with van der Waals surface area (Å²) in [6.45, 7) is 1.88. The van der Waals surface area contributed by atoms with E-state index < -0.39 is 17.7 Å². The summed E-state index contributed by atoms with van der Waals surface area (Å²) in [7, 11) is 1.47. The maximum atomic E-state index is 13.4. The van der Waals surface area contributed by atoms with E-state index in [1.165, 1.54) is 12.0 Å². The average molecular weight is 473 g/mol. The monoisotopic (exact) mass is 472 g/mol. The molecule has 1 atom stereocenters. The number of carbonyl (C=O) groups is 2. The summed E-state index contributed by atoms with van der Waals surface area (Å²) in [6.07, 6.45) is 1.78. The van der Waals surface area contributed by atoms with E-state index in [1.54, 1.807) is 30.5 Å². The molecule has 170 valence electrons. The predicted octanol–water partition coefficient (Wildman–Crippen LogP) is 5.76. The summed E-state index contributed by atoms with van der Waals surface area (Å²) in [5.41, 5.74) is 3.34. The Morgan fingerprint density at radius 3 is 2.56 bits per heavy atom. The van der Waals surface area contributed by atoms with Gasteiger partial charge in [-0.1, -0.05) is 48.0 Å². The van der Waals surface area contributed by atoms with Gasteiger partial charge in [0, 0.05) is 33.9 Å². The second-order valence-corrected chi connectivity index (χ2v) is 8.50. The second-order valence-electron chi connectivity index (χ2n) is 8.09. The number of fused-ring (bicyclic) bond motifs is 1. The van der Waals surface area contributed by atoms with Gasteiger partial charge in [0.25, 0.3) is 11.7 Å². The van der Waals surface area contributed by atoms with E-state index >= 15 is 0 Å². The third-order valence-corrected chi connectivity index (χ3v) is 6.47. The summed E-state index contributed by atoms with van der Waals surface area (Å²) < 4.78 is 5.28. The van der Waals surface area contributed by atoms with Crippen LogP contribution in [0.3, 0.4) is 0 Å². The first kappa shape index (κ1) is 21.8. The number of amides is 1. The highest BCUT2D eigenvalue weighted by atomic mass is 35.5. The van der Waals surface area contributed by atoms with E-state index in [1.807, 2.05) is 49.4 Å². The number of Topliss-reactive ketones (excluding diaryl/α,β-unsaturated/α-hetero) is 1. The molecule has 1 aliphatic heterocycles. The Hall–Kier alpha value is -4.03. The van der Waals surface area contributed by atoms with E-state index in [0.717, 1.165) is 16.5 Å². The summed E-state index contributed by atoms with van der Waals surface area (Å²) in [5.74, 6) is -1.40. The van der Waals surface area contributed by atoms with Gasteiger partial charge in [0.15, 0.2) is 0 Å². The van der Waals surface area contributed by atoms with Crippen LogP contribution < -0.4 is 9.64 Å². The smallest absolute Gasteiger partial charge is 0.300 e. The molecule has 3 aromatic carbocycles. The van der Waals surface area contributed by atoms with Crippen molar-refractivity contribution in [3.8, 4) is 5.75 Å². The van der Waals surface area contributed by atoms with Gasteiger partial charge in [-0.25, -0.2) is 0 Å². The number of hydrogen-bond acceptors (Lipinski definition) is 4. The van der Waals surface area contributed by atoms with Crippen LogP contribution in [-0.2, 0) is 9.59 Å². The lowest BCUT2D eigenvalue weighted by Gasteiger charge is -2.26. The van der Waals surface area contributed by atoms with Crippen LogP contribution in [0.4, 0.5) is 5.69 Å². The lowest BCUT2D eigenvalue weighted by molar-refractivity contribution is -0.132. The van der Waals surface area contributed by atoms with Crippen molar-refractivity contribution in [1.29, 1.82) is 0 Å². The number of ether oxygens (including phenoxy) is 1. The molecule has 0 radical (unpaired) electrons. The van der Waals surface area contributed by atoms with Crippen LogP contribution in [0.5, 0.6) is 5.75 Å². The molecular weight excluding hydrogens is 452 g/mol. The maximum Gasteiger partial charge on any atom is 0.300 e. The molecule has 1 amide bonds. The molecule has 1 saturated heterocycles. The molecule has 4 aromatic rings. The van der Waals surface area contributed by atoms with Gasteiger partial charge in [-0.15, -0.1) is 0 Å². The van der Waals surface area contributed by atoms with Gasteiger partial charge in [0.05, 0.1) is 23.7 Å². The number of aliphatic hydroxyl groups excluding tert-OH is 1. The highest BCUT2D eigenvalue weighted by Crippen LogP contribution is 2.45. The quantitative estimate of drug-likeness (QED) is 0.224. The van der Waals surface area contributed by atoms with Gasteiger partial charge in [-0.3, -0.25) is 14.5 Å². The van der Waals surface area contributed by atoms with Crippen LogP contribution in [0.25, 0.3) is 16.7 Å². The number of anilines is 1. The summed E-state index contributed by atoms with van der Waals surface area (Å²) in [6, 6.07) is 18.9. The van der Waals surface area contributed by atoms with Gasteiger partial charge in [0.2, 0.25) is 0 Å². The molecular formula is C27H21ClN2O4. The number of nitrogens with one attached hydrogen (secondary N) is 1. The van der Waals surface area contributed by atoms with Crippen LogP contribution >= 0.6 is 11.6 Å². The van der Waals surface area contributed by atoms with Crippen LogP contribution in [0.2, 0.25) is 5.02 Å². The lowest BCUT2D eigenvalue weighted by atomic mass is 9.94. The minimum absolute atomic E-state index is 0.00221. The molecule has 7 heteroatoms. The second kappa shape index (κ2) is 8.39. The number of carbonyl (C=O) groups excluding carboxylic acids is 2. The fourth-order valence-electron chi connectivity index (χ4n) is 4.49. The number of benzene rings is 3. The average Bonchev–Trinajstić information content (AvgIpc) is 3.38. The number of aromatic nitrogens is 1. The Kier molecular flexibility index (Phi) is 5.38. The van der Waals surface area contributed by atoms with Gasteiger partial charge in [-0.2, -0.15) is 0 Å². The summed E-state index contributed by atoms with van der Waals surface area (Å²) in [5, 5.41) is 12.6. The number of aromatic amines is 1. The number of methoxy groups -OCH3 is 1. The van der Waals surface area contributed by atoms with Crippen molar-refractivity contribution in [3.63, 3.8) is 0 Å². The number of ketones is 1. The SMILES string of the molecule is COc1cc(/C(O)=C2\C(=O)C(=O)N(c3ccccc3C)C2c2c[nH]c3ccccc23)ccc1Cl. The minimum Gasteiger partial charge on any atom is -0.507 e. The van der Waals surface area contributed by atoms with Gasteiger partial charge in [0.1, 0.15) is 11.5 Å². The number of halogens is 1. The largest absolute Gasteiger partial charge is 0.507 e. The van der Waals surface area contributed by atoms with E-state index in [0.29, 0.717) is 27.6 Å². The Morgan fingerprint density at radius 1 is 1.06 bits per heavy atom. The van der Waals surface area contributed by atoms with E-state index in [4.69, 9.17) is 16.3 Å². The van der Waals surface area contributed by atoms with Crippen LogP contribution in [0, 0.1) is 6.92 Å². The lowest BCUT2D eigenvalue weighted by Crippen LogP contribution is -2.30. The Balaban J connectivity index is 1.80. The van der Waals surface area contributed by atoms with Gasteiger partial charge < -0.3 is 14.8 Å². The number of nitrogens with zero attached hydrogens (tertiary/aromatic N) is 1. The molecule has 1 fully saturated rings. The molecule has 2 heterocycles. The Morgan fingerprint density at radius 2 is 1.79 bits per heavy atom. The van der Waals surface area contributed by atoms with Gasteiger partial charge >= 0.3 is 0 Å². The molecule has 1 aliphatic rings. The molecule has 0 bridgehead atoms. The fraction of sp³-hybridized carbons (Fsp3) is 0.111. The highest BCUT2D eigenvalue weighted by molar-refractivity contribution is 6.52. The third kappa shape index (κ3) is 3.35. The first-order valence-corrected chi connectivity index (χ1v) is 11.1. The standard InChI is InChI=1S/C27H21ClN2O4/c1-15-7-3-6-10-21(15)30-24(18-14-29-20-9-5-4-8-17(18)20)23(26(32)27(30)33)25(31)16-11-12-19(28)22(13-16)34-2/h3-14,24,29,31H,1-2H3/b25-23+.